The van der Waals surface area contributed by atoms with Crippen LogP contribution in [0.5, 0.6) is 0 Å². The highest BCUT2D eigenvalue weighted by Crippen LogP contribution is 2.51. The van der Waals surface area contributed by atoms with E-state index < -0.39 is 43.7 Å². The van der Waals surface area contributed by atoms with E-state index in [1.165, 1.54) is 24.3 Å². The number of nitrogens with zero attached hydrogens (tertiary/aromatic N) is 2. The van der Waals surface area contributed by atoms with E-state index >= 15 is 0 Å². The Morgan fingerprint density at radius 3 is 2.41 bits per heavy atom. The predicted octanol–water partition coefficient (Wildman–Crippen LogP) is 5.07. The zero-order valence-electron chi connectivity index (χ0n) is 21.3. The number of hydrogen-bond donors (Lipinski definition) is 0. The van der Waals surface area contributed by atoms with Gasteiger partial charge >= 0.3 is 12.2 Å². The van der Waals surface area contributed by atoms with Gasteiger partial charge in [-0.25, -0.2) is 22.0 Å². The Morgan fingerprint density at radius 2 is 1.79 bits per heavy atom. The van der Waals surface area contributed by atoms with Crippen molar-refractivity contribution in [1.82, 2.24) is 9.80 Å². The second-order valence-electron chi connectivity index (χ2n) is 11.6. The number of sulfone groups is 1. The highest BCUT2D eigenvalue weighted by molar-refractivity contribution is 7.92. The van der Waals surface area contributed by atoms with Crippen molar-refractivity contribution in [2.24, 2.45) is 0 Å². The summed E-state index contributed by atoms with van der Waals surface area (Å²) in [4.78, 5) is 17.2. The summed E-state index contributed by atoms with van der Waals surface area (Å²) in [5.41, 5.74) is -2.38. The molecule has 3 fully saturated rings. The number of urea groups is 1. The maximum atomic E-state index is 14.9. The average Bonchev–Trinajstić information content (AvgIpc) is 3.54. The Kier molecular flexibility index (Phi) is 5.89. The number of rotatable bonds is 3. The van der Waals surface area contributed by atoms with Crippen LogP contribution < -0.4 is 0 Å². The fourth-order valence-corrected chi connectivity index (χ4v) is 9.34. The lowest BCUT2D eigenvalue weighted by Gasteiger charge is -2.45. The van der Waals surface area contributed by atoms with Gasteiger partial charge in [-0.05, 0) is 73.4 Å². The molecule has 210 valence electrons. The van der Waals surface area contributed by atoms with Crippen LogP contribution in [0.15, 0.2) is 42.5 Å². The summed E-state index contributed by atoms with van der Waals surface area (Å²) in [7, 11) is -3.18. The monoisotopic (exact) mass is 568 g/mol. The van der Waals surface area contributed by atoms with E-state index in [9.17, 15) is 35.2 Å². The molecule has 2 aromatic carbocycles. The molecular weight excluding hydrogens is 539 g/mol. The van der Waals surface area contributed by atoms with Crippen LogP contribution in [-0.4, -0.2) is 66.6 Å². The Bertz CT molecular complexity index is 1430. The van der Waals surface area contributed by atoms with Crippen molar-refractivity contribution >= 4 is 15.9 Å². The third-order valence-electron chi connectivity index (χ3n) is 9.45. The summed E-state index contributed by atoms with van der Waals surface area (Å²) in [6.07, 6.45) is -2.82. The highest BCUT2D eigenvalue weighted by atomic mass is 32.2. The van der Waals surface area contributed by atoms with Crippen LogP contribution in [0.25, 0.3) is 0 Å². The molecule has 0 saturated carbocycles. The fraction of sp³-hybridized carbons (Fsp3) is 0.536. The third kappa shape index (κ3) is 4.05. The largest absolute Gasteiger partial charge is 0.426 e. The Labute approximate surface area is 223 Å². The van der Waals surface area contributed by atoms with E-state index in [4.69, 9.17) is 0 Å². The zero-order valence-corrected chi connectivity index (χ0v) is 22.2. The average molecular weight is 569 g/mol. The molecule has 39 heavy (non-hydrogen) atoms. The van der Waals surface area contributed by atoms with Crippen LogP contribution in [0, 0.1) is 5.82 Å². The number of fused-ring (bicyclic) bond motifs is 5. The van der Waals surface area contributed by atoms with Crippen molar-refractivity contribution < 1.29 is 35.2 Å². The lowest BCUT2D eigenvalue weighted by Crippen LogP contribution is -2.55. The standard InChI is InChI=1S/C28H29F5N2O3S/c1-26(30,28(31,32)33)19-5-8-23-18(12-19)4-9-24-27(23,14-17-2-6-20(29)7-3-17)10-11-34(24)25(36)35-15-22-13-21(35)16-39(22,37)38/h2-3,5-8,12,21-22,24H,4,9-11,13-16H2,1H3/t21-,22-,24+,26?,27+/m0/s1. The SMILES string of the molecule is CC(F)(c1ccc2c(c1)CC[C@H]1N(C(=O)N3C[C@@H]4C[C@H]3CS4(=O)=O)CC[C@@]21Cc1ccc(F)cc1)C(F)(F)F. The van der Waals surface area contributed by atoms with Crippen molar-refractivity contribution in [2.45, 2.75) is 73.6 Å². The minimum atomic E-state index is -5.07. The molecule has 0 spiro atoms. The molecule has 0 radical (unpaired) electrons. The van der Waals surface area contributed by atoms with Crippen LogP contribution in [0.4, 0.5) is 26.7 Å². The van der Waals surface area contributed by atoms with Gasteiger partial charge in [0.15, 0.2) is 9.84 Å². The number of hydrogen-bond acceptors (Lipinski definition) is 3. The maximum Gasteiger partial charge on any atom is 0.426 e. The van der Waals surface area contributed by atoms with Crippen LogP contribution in [0.1, 0.15) is 48.4 Å². The van der Waals surface area contributed by atoms with E-state index in [0.29, 0.717) is 51.1 Å². The van der Waals surface area contributed by atoms with Crippen LogP contribution in [0.2, 0.25) is 0 Å². The van der Waals surface area contributed by atoms with Crippen molar-refractivity contribution in [3.8, 4) is 0 Å². The molecule has 6 rings (SSSR count). The summed E-state index contributed by atoms with van der Waals surface area (Å²) in [6, 6.07) is 9.26. The van der Waals surface area contributed by atoms with E-state index in [1.807, 2.05) is 0 Å². The van der Waals surface area contributed by atoms with Gasteiger partial charge in [0, 0.05) is 30.6 Å². The smallest absolute Gasteiger partial charge is 0.321 e. The van der Waals surface area contributed by atoms with Crippen molar-refractivity contribution in [1.29, 1.82) is 0 Å². The lowest BCUT2D eigenvalue weighted by molar-refractivity contribution is -0.228. The van der Waals surface area contributed by atoms with Gasteiger partial charge in [0.05, 0.1) is 11.0 Å². The molecule has 0 N–H and O–H groups in total. The predicted molar refractivity (Wildman–Crippen MR) is 134 cm³/mol. The molecule has 2 aromatic rings. The Hall–Kier alpha value is -2.69. The summed E-state index contributed by atoms with van der Waals surface area (Å²) >= 11 is 0. The molecule has 0 aromatic heterocycles. The van der Waals surface area contributed by atoms with Gasteiger partial charge < -0.3 is 9.80 Å². The second-order valence-corrected chi connectivity index (χ2v) is 13.9. The van der Waals surface area contributed by atoms with E-state index in [-0.39, 0.29) is 30.4 Å². The molecule has 1 aliphatic carbocycles. The Morgan fingerprint density at radius 1 is 1.08 bits per heavy atom. The van der Waals surface area contributed by atoms with Gasteiger partial charge in [-0.2, -0.15) is 13.2 Å². The number of carbonyl (C=O) groups excluding carboxylic acids is 1. The number of likely N-dealkylation sites (tertiary alicyclic amines) is 2. The number of amides is 2. The number of halogens is 5. The zero-order chi connectivity index (χ0) is 28.0. The first kappa shape index (κ1) is 26.5. The molecule has 11 heteroatoms. The molecule has 2 amide bonds. The van der Waals surface area contributed by atoms with E-state index in [0.717, 1.165) is 11.1 Å². The molecule has 4 aliphatic rings. The molecule has 5 nitrogen and oxygen atoms in total. The van der Waals surface area contributed by atoms with Gasteiger partial charge in [0.1, 0.15) is 5.82 Å². The van der Waals surface area contributed by atoms with Gasteiger partial charge in [-0.15, -0.1) is 0 Å². The fourth-order valence-electron chi connectivity index (χ4n) is 7.31. The molecule has 3 aliphatic heterocycles. The normalized spacial score (nSPS) is 30.7. The number of benzene rings is 2. The molecular formula is C28H29F5N2O3S. The number of carbonyl (C=O) groups is 1. The number of alkyl halides is 4. The first-order valence-corrected chi connectivity index (χ1v) is 14.9. The first-order valence-electron chi connectivity index (χ1n) is 13.2. The van der Waals surface area contributed by atoms with Crippen LogP contribution >= 0.6 is 0 Å². The van der Waals surface area contributed by atoms with Gasteiger partial charge in [0.25, 0.3) is 0 Å². The van der Waals surface area contributed by atoms with Crippen molar-refractivity contribution in [3.05, 3.63) is 70.5 Å². The highest BCUT2D eigenvalue weighted by Gasteiger charge is 2.57. The van der Waals surface area contributed by atoms with Crippen molar-refractivity contribution in [3.63, 3.8) is 0 Å². The van der Waals surface area contributed by atoms with Gasteiger partial charge in [0.2, 0.25) is 5.67 Å². The summed E-state index contributed by atoms with van der Waals surface area (Å²) in [5, 5.41) is -0.535. The third-order valence-corrected chi connectivity index (χ3v) is 11.7. The van der Waals surface area contributed by atoms with Crippen molar-refractivity contribution in [2.75, 3.05) is 18.8 Å². The van der Waals surface area contributed by atoms with E-state index in [2.05, 4.69) is 0 Å². The lowest BCUT2D eigenvalue weighted by atomic mass is 9.63. The quantitative estimate of drug-likeness (QED) is 0.487. The first-order chi connectivity index (χ1) is 18.2. The summed E-state index contributed by atoms with van der Waals surface area (Å²) < 4.78 is 93.4. The minimum Gasteiger partial charge on any atom is -0.321 e. The molecule has 2 bridgehead atoms. The van der Waals surface area contributed by atoms with Crippen LogP contribution in [-0.2, 0) is 33.8 Å². The second kappa shape index (κ2) is 8.65. The number of aryl methyl sites for hydroxylation is 1. The molecule has 3 heterocycles. The molecule has 1 unspecified atom stereocenters. The van der Waals surface area contributed by atoms with Gasteiger partial charge in [-0.3, -0.25) is 0 Å². The van der Waals surface area contributed by atoms with E-state index in [1.54, 1.807) is 28.0 Å². The van der Waals surface area contributed by atoms with Crippen LogP contribution in [0.3, 0.4) is 0 Å². The Balaban J connectivity index is 1.37. The van der Waals surface area contributed by atoms with Gasteiger partial charge in [-0.1, -0.05) is 30.3 Å². The summed E-state index contributed by atoms with van der Waals surface area (Å²) in [5.74, 6) is -0.423. The molecule has 5 atom stereocenters. The molecule has 3 saturated heterocycles. The topological polar surface area (TPSA) is 57.7 Å². The minimum absolute atomic E-state index is 0.0323. The maximum absolute atomic E-state index is 14.9. The summed E-state index contributed by atoms with van der Waals surface area (Å²) in [6.45, 7) is 1.09.